The molecule has 5 rings (SSSR count). The molecule has 2 nitrogen and oxygen atoms in total. The van der Waals surface area contributed by atoms with E-state index < -0.39 is 0 Å². The molecule has 32 heavy (non-hydrogen) atoms. The fourth-order valence-corrected chi connectivity index (χ4v) is 10.5. The van der Waals surface area contributed by atoms with E-state index in [1.807, 2.05) is 5.57 Å². The summed E-state index contributed by atoms with van der Waals surface area (Å²) in [7, 11) is 0. The van der Waals surface area contributed by atoms with E-state index in [-0.39, 0.29) is 23.5 Å². The molecule has 2 N–H and O–H groups in total. The summed E-state index contributed by atoms with van der Waals surface area (Å²) in [5.41, 5.74) is 3.28. The van der Waals surface area contributed by atoms with E-state index in [1.165, 1.54) is 44.9 Å². The molecule has 9 atom stereocenters. The Hall–Kier alpha value is -0.340. The zero-order valence-electron chi connectivity index (χ0n) is 22.1. The van der Waals surface area contributed by atoms with E-state index in [0.717, 1.165) is 25.2 Å². The number of rotatable bonds is 1. The van der Waals surface area contributed by atoms with Crippen LogP contribution in [0.1, 0.15) is 113 Å². The van der Waals surface area contributed by atoms with Crippen molar-refractivity contribution in [3.63, 3.8) is 0 Å². The van der Waals surface area contributed by atoms with Crippen LogP contribution >= 0.6 is 0 Å². The molecular formula is C30H50O2. The normalized spacial score (nSPS) is 56.8. The Balaban J connectivity index is 1.57. The van der Waals surface area contributed by atoms with E-state index in [2.05, 4.69) is 54.5 Å². The minimum absolute atomic E-state index is 0.117. The molecule has 0 aromatic rings. The minimum Gasteiger partial charge on any atom is -0.396 e. The second kappa shape index (κ2) is 6.87. The van der Waals surface area contributed by atoms with Gasteiger partial charge in [-0.3, -0.25) is 0 Å². The summed E-state index contributed by atoms with van der Waals surface area (Å²) in [6.07, 6.45) is 14.8. The number of aliphatic hydroxyl groups is 2. The molecule has 0 spiro atoms. The smallest absolute Gasteiger partial charge is 0.0618 e. The second-order valence-corrected chi connectivity index (χ2v) is 15.1. The molecule has 0 bridgehead atoms. The summed E-state index contributed by atoms with van der Waals surface area (Å²) in [4.78, 5) is 0. The third kappa shape index (κ3) is 2.78. The summed E-state index contributed by atoms with van der Waals surface area (Å²) in [6.45, 7) is 17.7. The first-order valence-corrected chi connectivity index (χ1v) is 13.8. The molecule has 2 heteroatoms. The number of allylic oxidation sites excluding steroid dienone is 2. The van der Waals surface area contributed by atoms with Crippen LogP contribution in [0.4, 0.5) is 0 Å². The monoisotopic (exact) mass is 442 g/mol. The van der Waals surface area contributed by atoms with E-state index >= 15 is 0 Å². The van der Waals surface area contributed by atoms with Gasteiger partial charge in [0.15, 0.2) is 0 Å². The highest BCUT2D eigenvalue weighted by Crippen LogP contribution is 2.75. The highest BCUT2D eigenvalue weighted by Gasteiger charge is 2.68. The highest BCUT2D eigenvalue weighted by atomic mass is 16.3. The molecule has 4 fully saturated rings. The quantitative estimate of drug-likeness (QED) is 0.424. The van der Waals surface area contributed by atoms with Crippen molar-refractivity contribution in [3.05, 3.63) is 11.6 Å². The van der Waals surface area contributed by atoms with Gasteiger partial charge in [0, 0.05) is 5.41 Å². The van der Waals surface area contributed by atoms with Crippen LogP contribution in [0.2, 0.25) is 0 Å². The lowest BCUT2D eigenvalue weighted by Gasteiger charge is -2.71. The zero-order valence-corrected chi connectivity index (χ0v) is 22.1. The van der Waals surface area contributed by atoms with Gasteiger partial charge in [-0.2, -0.15) is 0 Å². The summed E-state index contributed by atoms with van der Waals surface area (Å²) in [5.74, 6) is 1.83. The predicted molar refractivity (Wildman–Crippen MR) is 132 cm³/mol. The van der Waals surface area contributed by atoms with Crippen LogP contribution in [-0.2, 0) is 0 Å². The van der Waals surface area contributed by atoms with Gasteiger partial charge in [0.2, 0.25) is 0 Å². The van der Waals surface area contributed by atoms with Crippen LogP contribution in [0, 0.1) is 50.2 Å². The minimum atomic E-state index is -0.361. The van der Waals surface area contributed by atoms with Crippen molar-refractivity contribution in [1.29, 1.82) is 0 Å². The molecule has 0 aromatic carbocycles. The van der Waals surface area contributed by atoms with Crippen molar-refractivity contribution in [2.75, 3.05) is 6.61 Å². The number of hydrogen-bond acceptors (Lipinski definition) is 2. The zero-order chi connectivity index (χ0) is 23.4. The maximum atomic E-state index is 10.9. The van der Waals surface area contributed by atoms with Crippen LogP contribution in [0.5, 0.6) is 0 Å². The van der Waals surface area contributed by atoms with Gasteiger partial charge in [-0.1, -0.05) is 60.1 Å². The third-order valence-electron chi connectivity index (χ3n) is 13.2. The van der Waals surface area contributed by atoms with E-state index in [9.17, 15) is 10.2 Å². The molecule has 0 aliphatic heterocycles. The Bertz CT molecular complexity index is 814. The van der Waals surface area contributed by atoms with Gasteiger partial charge >= 0.3 is 0 Å². The Labute approximate surface area is 197 Å². The predicted octanol–water partition coefficient (Wildman–Crippen LogP) is 7.14. The number of fused-ring (bicyclic) bond motifs is 7. The second-order valence-electron chi connectivity index (χ2n) is 15.1. The molecule has 0 amide bonds. The molecule has 0 radical (unpaired) electrons. The molecular weight excluding hydrogens is 392 g/mol. The van der Waals surface area contributed by atoms with Gasteiger partial charge in [-0.05, 0) is 109 Å². The molecule has 5 aliphatic carbocycles. The number of aliphatic hydroxyl groups excluding tert-OH is 2. The molecule has 0 heterocycles. The molecule has 182 valence electrons. The molecule has 4 saturated carbocycles. The third-order valence-corrected chi connectivity index (χ3v) is 13.2. The van der Waals surface area contributed by atoms with Gasteiger partial charge in [0.25, 0.3) is 0 Å². The van der Waals surface area contributed by atoms with Crippen molar-refractivity contribution >= 4 is 0 Å². The first-order valence-electron chi connectivity index (χ1n) is 13.8. The Morgan fingerprint density at radius 1 is 0.844 bits per heavy atom. The largest absolute Gasteiger partial charge is 0.396 e. The Kier molecular flexibility index (Phi) is 5.02. The van der Waals surface area contributed by atoms with Gasteiger partial charge in [0.05, 0.1) is 12.7 Å². The van der Waals surface area contributed by atoms with Gasteiger partial charge < -0.3 is 10.2 Å². The summed E-state index contributed by atoms with van der Waals surface area (Å²) in [6, 6.07) is 0. The Morgan fingerprint density at radius 2 is 1.53 bits per heavy atom. The van der Waals surface area contributed by atoms with Crippen molar-refractivity contribution in [2.24, 2.45) is 50.2 Å². The average Bonchev–Trinajstić information content (AvgIpc) is 2.73. The Morgan fingerprint density at radius 3 is 2.22 bits per heavy atom. The van der Waals surface area contributed by atoms with Crippen molar-refractivity contribution in [3.8, 4) is 0 Å². The summed E-state index contributed by atoms with van der Waals surface area (Å²) >= 11 is 0. The molecule has 0 saturated heterocycles. The van der Waals surface area contributed by atoms with E-state index in [1.54, 1.807) is 0 Å². The topological polar surface area (TPSA) is 40.5 Å². The standard InChI is InChI=1S/C30H50O2/c1-25(2)14-15-26(3)16-17-29(6)20(21(26)18-25)8-9-23-27(4)12-11-24(32)28(5,19-31)22(27)10-13-30(23,29)7/h8,21-24,31-32H,9-19H2,1-7H3/t21-,22+,23-,24+,26-,27+,28+,29-,30-/m1/s1. The lowest BCUT2D eigenvalue weighted by molar-refractivity contribution is -0.215. The van der Waals surface area contributed by atoms with Crippen LogP contribution < -0.4 is 0 Å². The first-order chi connectivity index (χ1) is 14.8. The van der Waals surface area contributed by atoms with Crippen molar-refractivity contribution in [2.45, 2.75) is 119 Å². The van der Waals surface area contributed by atoms with Gasteiger partial charge in [-0.15, -0.1) is 0 Å². The van der Waals surface area contributed by atoms with E-state index in [0.29, 0.717) is 33.5 Å². The van der Waals surface area contributed by atoms with Crippen molar-refractivity contribution in [1.82, 2.24) is 0 Å². The van der Waals surface area contributed by atoms with Crippen LogP contribution in [0.15, 0.2) is 11.6 Å². The fraction of sp³-hybridized carbons (Fsp3) is 0.933. The van der Waals surface area contributed by atoms with Gasteiger partial charge in [0.1, 0.15) is 0 Å². The molecule has 0 unspecified atom stereocenters. The fourth-order valence-electron chi connectivity index (χ4n) is 10.5. The van der Waals surface area contributed by atoms with Crippen LogP contribution in [0.25, 0.3) is 0 Å². The maximum Gasteiger partial charge on any atom is 0.0618 e. The summed E-state index contributed by atoms with van der Waals surface area (Å²) < 4.78 is 0. The molecule has 5 aliphatic rings. The molecule has 0 aromatic heterocycles. The SMILES string of the molecule is CC1(C)CC[C@]2(C)CC[C@]3(C)C(=CC[C@@H]4[C@@]5(C)CC[C@H](O)[C@@](C)(CO)[C@H]5CC[C@]43C)[C@H]2C1. The number of hydrogen-bond donors (Lipinski definition) is 2. The van der Waals surface area contributed by atoms with Crippen LogP contribution in [-0.4, -0.2) is 22.9 Å². The highest BCUT2D eigenvalue weighted by molar-refractivity contribution is 5.33. The van der Waals surface area contributed by atoms with Crippen molar-refractivity contribution < 1.29 is 10.2 Å². The maximum absolute atomic E-state index is 10.9. The lowest BCUT2D eigenvalue weighted by Crippen LogP contribution is -2.65. The summed E-state index contributed by atoms with van der Waals surface area (Å²) in [5, 5.41) is 21.3. The lowest BCUT2D eigenvalue weighted by atomic mass is 9.33. The average molecular weight is 443 g/mol. The first kappa shape index (κ1) is 23.4. The van der Waals surface area contributed by atoms with Gasteiger partial charge in [-0.25, -0.2) is 0 Å². The van der Waals surface area contributed by atoms with E-state index in [4.69, 9.17) is 0 Å². The van der Waals surface area contributed by atoms with Crippen LogP contribution in [0.3, 0.4) is 0 Å².